The molecule has 3 aromatic carbocycles. The molecule has 0 bridgehead atoms. The average molecular weight is 406 g/mol. The maximum Gasteiger partial charge on any atom is 0.344 e. The molecule has 6 nitrogen and oxygen atoms in total. The third-order valence-corrected chi connectivity index (χ3v) is 4.26. The number of carbonyl (C=O) groups is 2. The summed E-state index contributed by atoms with van der Waals surface area (Å²) in [6, 6.07) is 22.0. The summed E-state index contributed by atoms with van der Waals surface area (Å²) in [5.41, 5.74) is 2.02. The topological polar surface area (TPSA) is 71.1 Å². The maximum atomic E-state index is 12.0. The highest BCUT2D eigenvalue weighted by atomic mass is 16.6. The molecular weight excluding hydrogens is 384 g/mol. The number of carbonyl (C=O) groups excluding carboxylic acids is 2. The molecule has 0 aliphatic rings. The lowest BCUT2D eigenvalue weighted by atomic mass is 10.1. The van der Waals surface area contributed by atoms with Crippen molar-refractivity contribution in [3.8, 4) is 17.2 Å². The number of benzene rings is 3. The van der Waals surface area contributed by atoms with E-state index in [1.165, 1.54) is 13.2 Å². The molecule has 0 amide bonds. The van der Waals surface area contributed by atoms with Gasteiger partial charge < -0.3 is 18.9 Å². The highest BCUT2D eigenvalue weighted by molar-refractivity contribution is 5.84. The molecule has 0 aromatic heterocycles. The van der Waals surface area contributed by atoms with Crippen LogP contribution in [0, 0.1) is 0 Å². The quantitative estimate of drug-likeness (QED) is 0.371. The Labute approximate surface area is 175 Å². The van der Waals surface area contributed by atoms with Crippen molar-refractivity contribution >= 4 is 12.3 Å². The van der Waals surface area contributed by atoms with Crippen LogP contribution in [0.5, 0.6) is 17.2 Å². The Balaban J connectivity index is 1.66. The second kappa shape index (κ2) is 10.7. The minimum absolute atomic E-state index is 0.146. The summed E-state index contributed by atoms with van der Waals surface area (Å²) in [6.07, 6.45) is 0.629. The number of aldehydes is 1. The van der Waals surface area contributed by atoms with Crippen LogP contribution in [0.3, 0.4) is 0 Å². The zero-order valence-electron chi connectivity index (χ0n) is 16.6. The van der Waals surface area contributed by atoms with Gasteiger partial charge in [0, 0.05) is 12.1 Å². The van der Waals surface area contributed by atoms with E-state index in [-0.39, 0.29) is 31.1 Å². The zero-order chi connectivity index (χ0) is 21.2. The van der Waals surface area contributed by atoms with Crippen LogP contribution in [0.4, 0.5) is 0 Å². The first-order valence-electron chi connectivity index (χ1n) is 9.36. The summed E-state index contributed by atoms with van der Waals surface area (Å²) in [7, 11) is 1.49. The van der Waals surface area contributed by atoms with Crippen molar-refractivity contribution in [1.29, 1.82) is 0 Å². The molecule has 0 N–H and O–H groups in total. The summed E-state index contributed by atoms with van der Waals surface area (Å²) in [5.74, 6) is 0.381. The average Bonchev–Trinajstić information content (AvgIpc) is 2.80. The second-order valence-corrected chi connectivity index (χ2v) is 6.36. The Bertz CT molecular complexity index is 970. The van der Waals surface area contributed by atoms with E-state index in [9.17, 15) is 9.59 Å². The van der Waals surface area contributed by atoms with Crippen LogP contribution in [0.15, 0.2) is 72.8 Å². The Morgan fingerprint density at radius 1 is 0.833 bits per heavy atom. The molecule has 6 heteroatoms. The van der Waals surface area contributed by atoms with E-state index in [0.29, 0.717) is 17.8 Å². The number of ether oxygens (including phenoxy) is 4. The maximum absolute atomic E-state index is 12.0. The van der Waals surface area contributed by atoms with E-state index in [0.717, 1.165) is 11.1 Å². The molecule has 0 aliphatic carbocycles. The molecule has 0 saturated carbocycles. The van der Waals surface area contributed by atoms with Crippen LogP contribution in [0.25, 0.3) is 0 Å². The fourth-order valence-corrected chi connectivity index (χ4v) is 2.70. The third kappa shape index (κ3) is 5.85. The number of hydrogen-bond donors (Lipinski definition) is 0. The van der Waals surface area contributed by atoms with Gasteiger partial charge in [0.2, 0.25) is 0 Å². The monoisotopic (exact) mass is 406 g/mol. The molecular formula is C24H22O6. The lowest BCUT2D eigenvalue weighted by Crippen LogP contribution is -2.15. The van der Waals surface area contributed by atoms with Gasteiger partial charge in [-0.25, -0.2) is 4.79 Å². The van der Waals surface area contributed by atoms with Gasteiger partial charge in [-0.15, -0.1) is 0 Å². The highest BCUT2D eigenvalue weighted by Gasteiger charge is 2.16. The highest BCUT2D eigenvalue weighted by Crippen LogP contribution is 2.33. The molecule has 0 spiro atoms. The van der Waals surface area contributed by atoms with Gasteiger partial charge in [-0.1, -0.05) is 60.7 Å². The molecule has 0 radical (unpaired) electrons. The minimum atomic E-state index is -0.551. The molecule has 154 valence electrons. The van der Waals surface area contributed by atoms with E-state index < -0.39 is 5.97 Å². The van der Waals surface area contributed by atoms with Crippen molar-refractivity contribution in [3.05, 3.63) is 89.5 Å². The van der Waals surface area contributed by atoms with Gasteiger partial charge in [-0.3, -0.25) is 4.79 Å². The second-order valence-electron chi connectivity index (χ2n) is 6.36. The van der Waals surface area contributed by atoms with Crippen LogP contribution >= 0.6 is 0 Å². The zero-order valence-corrected chi connectivity index (χ0v) is 16.6. The van der Waals surface area contributed by atoms with Crippen LogP contribution in [0.1, 0.15) is 21.5 Å². The molecule has 0 saturated heterocycles. The van der Waals surface area contributed by atoms with Gasteiger partial charge in [0.05, 0.1) is 12.7 Å². The van der Waals surface area contributed by atoms with Crippen molar-refractivity contribution < 1.29 is 28.5 Å². The Morgan fingerprint density at radius 3 is 1.97 bits per heavy atom. The predicted molar refractivity (Wildman–Crippen MR) is 111 cm³/mol. The van der Waals surface area contributed by atoms with Crippen molar-refractivity contribution in [2.24, 2.45) is 0 Å². The first-order valence-corrected chi connectivity index (χ1v) is 9.36. The summed E-state index contributed by atoms with van der Waals surface area (Å²) in [5, 5.41) is 0. The molecule has 0 fully saturated rings. The fourth-order valence-electron chi connectivity index (χ4n) is 2.70. The normalized spacial score (nSPS) is 10.2. The van der Waals surface area contributed by atoms with Crippen molar-refractivity contribution in [3.63, 3.8) is 0 Å². The van der Waals surface area contributed by atoms with Gasteiger partial charge in [-0.2, -0.15) is 0 Å². The van der Waals surface area contributed by atoms with Crippen LogP contribution in [-0.2, 0) is 22.7 Å². The van der Waals surface area contributed by atoms with Crippen molar-refractivity contribution in [1.82, 2.24) is 0 Å². The number of esters is 1. The lowest BCUT2D eigenvalue weighted by Gasteiger charge is -2.15. The molecule has 30 heavy (non-hydrogen) atoms. The SMILES string of the molecule is COc1cc(OCC(=O)OCc2ccccc2)c(C=O)c(OCc2ccccc2)c1. The number of methoxy groups -OCH3 is 1. The number of rotatable bonds is 10. The van der Waals surface area contributed by atoms with E-state index in [4.69, 9.17) is 18.9 Å². The van der Waals surface area contributed by atoms with Crippen LogP contribution in [-0.4, -0.2) is 26.0 Å². The van der Waals surface area contributed by atoms with E-state index in [1.807, 2.05) is 60.7 Å². The van der Waals surface area contributed by atoms with Gasteiger partial charge in [-0.05, 0) is 11.1 Å². The van der Waals surface area contributed by atoms with Crippen LogP contribution < -0.4 is 14.2 Å². The molecule has 0 atom stereocenters. The predicted octanol–water partition coefficient (Wildman–Crippen LogP) is 4.21. The lowest BCUT2D eigenvalue weighted by molar-refractivity contribution is -0.147. The summed E-state index contributed by atoms with van der Waals surface area (Å²) < 4.78 is 21.8. The van der Waals surface area contributed by atoms with Gasteiger partial charge in [0.25, 0.3) is 0 Å². The van der Waals surface area contributed by atoms with Gasteiger partial charge in [0.15, 0.2) is 12.9 Å². The first-order chi connectivity index (χ1) is 14.7. The van der Waals surface area contributed by atoms with E-state index >= 15 is 0 Å². The molecule has 3 aromatic rings. The van der Waals surface area contributed by atoms with E-state index in [2.05, 4.69) is 0 Å². The van der Waals surface area contributed by atoms with Gasteiger partial charge in [0.1, 0.15) is 30.5 Å². The fraction of sp³-hybridized carbons (Fsp3) is 0.167. The standard InChI is InChI=1S/C24H22O6/c1-27-20-12-22(28-15-18-8-4-2-5-9-18)21(14-25)23(13-20)29-17-24(26)30-16-19-10-6-3-7-11-19/h2-14H,15-17H2,1H3. The Kier molecular flexibility index (Phi) is 7.44. The minimum Gasteiger partial charge on any atom is -0.496 e. The first kappa shape index (κ1) is 20.9. The van der Waals surface area contributed by atoms with E-state index in [1.54, 1.807) is 6.07 Å². The molecule has 3 rings (SSSR count). The molecule has 0 aliphatic heterocycles. The molecule has 0 heterocycles. The Hall–Kier alpha value is -3.80. The summed E-state index contributed by atoms with van der Waals surface area (Å²) in [6.45, 7) is 0.0689. The van der Waals surface area contributed by atoms with Crippen LogP contribution in [0.2, 0.25) is 0 Å². The smallest absolute Gasteiger partial charge is 0.344 e. The largest absolute Gasteiger partial charge is 0.496 e. The van der Waals surface area contributed by atoms with Gasteiger partial charge >= 0.3 is 5.97 Å². The Morgan fingerprint density at radius 2 is 1.40 bits per heavy atom. The molecule has 0 unspecified atom stereocenters. The van der Waals surface area contributed by atoms with Crippen molar-refractivity contribution in [2.45, 2.75) is 13.2 Å². The van der Waals surface area contributed by atoms with Crippen molar-refractivity contribution in [2.75, 3.05) is 13.7 Å². The summed E-state index contributed by atoms with van der Waals surface area (Å²) in [4.78, 5) is 23.7. The number of hydrogen-bond acceptors (Lipinski definition) is 6. The third-order valence-electron chi connectivity index (χ3n) is 4.26. The summed E-state index contributed by atoms with van der Waals surface area (Å²) >= 11 is 0.